The molecule has 0 aliphatic carbocycles. The third-order valence-corrected chi connectivity index (χ3v) is 19.4. The van der Waals surface area contributed by atoms with Crippen molar-refractivity contribution in [1.29, 1.82) is 0 Å². The molecule has 0 atom stereocenters. The van der Waals surface area contributed by atoms with Gasteiger partial charge in [-0.15, -0.1) is 0 Å². The van der Waals surface area contributed by atoms with Crippen molar-refractivity contribution in [2.24, 2.45) is 0 Å². The molecular formula is C85H54BN3O. The molecule has 90 heavy (non-hydrogen) atoms. The van der Waals surface area contributed by atoms with Crippen molar-refractivity contribution in [2.45, 2.75) is 6.42 Å². The lowest BCUT2D eigenvalue weighted by Gasteiger charge is -2.45. The van der Waals surface area contributed by atoms with Crippen LogP contribution < -0.4 is 31.1 Å². The summed E-state index contributed by atoms with van der Waals surface area (Å²) in [4.78, 5) is 7.61. The molecule has 0 amide bonds. The van der Waals surface area contributed by atoms with Crippen molar-refractivity contribution in [3.63, 3.8) is 0 Å². The van der Waals surface area contributed by atoms with Gasteiger partial charge in [-0.05, 0) is 188 Å². The molecule has 0 spiro atoms. The van der Waals surface area contributed by atoms with Crippen LogP contribution in [0.25, 0.3) is 97.7 Å². The van der Waals surface area contributed by atoms with Gasteiger partial charge in [0.05, 0.1) is 0 Å². The Bertz CT molecular complexity index is 5690. The number of benzene rings is 16. The molecule has 0 bridgehead atoms. The van der Waals surface area contributed by atoms with Gasteiger partial charge >= 0.3 is 0 Å². The van der Waals surface area contributed by atoms with Crippen LogP contribution in [0.15, 0.2) is 320 Å². The van der Waals surface area contributed by atoms with E-state index in [1.807, 2.05) is 0 Å². The summed E-state index contributed by atoms with van der Waals surface area (Å²) in [5.41, 5.74) is 20.3. The highest BCUT2D eigenvalue weighted by Crippen LogP contribution is 2.50. The van der Waals surface area contributed by atoms with Gasteiger partial charge in [0.25, 0.3) is 6.71 Å². The molecule has 0 fully saturated rings. The number of anilines is 9. The summed E-state index contributed by atoms with van der Waals surface area (Å²) < 4.78 is 6.87. The molecule has 0 saturated carbocycles. The first-order valence-corrected chi connectivity index (χ1v) is 31.2. The molecule has 0 unspecified atom stereocenters. The van der Waals surface area contributed by atoms with Crippen molar-refractivity contribution >= 4 is 161 Å². The van der Waals surface area contributed by atoms with Crippen LogP contribution in [0.4, 0.5) is 51.2 Å². The zero-order valence-electron chi connectivity index (χ0n) is 49.1. The predicted octanol–water partition coefficient (Wildman–Crippen LogP) is 21.3. The minimum Gasteiger partial charge on any atom is -0.456 e. The second-order valence-electron chi connectivity index (χ2n) is 24.3. The molecule has 19 rings (SSSR count). The summed E-state index contributed by atoms with van der Waals surface area (Å²) in [7, 11) is 0. The third kappa shape index (κ3) is 7.69. The normalized spacial score (nSPS) is 12.6. The van der Waals surface area contributed by atoms with E-state index in [9.17, 15) is 0 Å². The Labute approximate surface area is 521 Å². The Morgan fingerprint density at radius 3 is 1.31 bits per heavy atom. The summed E-state index contributed by atoms with van der Waals surface area (Å²) in [6.45, 7) is -0.171. The fourth-order valence-electron chi connectivity index (χ4n) is 15.5. The van der Waals surface area contributed by atoms with E-state index in [4.69, 9.17) is 4.42 Å². The third-order valence-electron chi connectivity index (χ3n) is 19.4. The van der Waals surface area contributed by atoms with E-state index in [-0.39, 0.29) is 6.71 Å². The first-order valence-electron chi connectivity index (χ1n) is 31.2. The Morgan fingerprint density at radius 2 is 0.756 bits per heavy atom. The Balaban J connectivity index is 0.937. The number of para-hydroxylation sites is 4. The van der Waals surface area contributed by atoms with Crippen molar-refractivity contribution in [3.05, 3.63) is 327 Å². The highest BCUT2D eigenvalue weighted by molar-refractivity contribution is 7.00. The van der Waals surface area contributed by atoms with Crippen LogP contribution in [0.5, 0.6) is 0 Å². The molecule has 17 aromatic rings. The molecule has 0 saturated heterocycles. The maximum absolute atomic E-state index is 6.87. The Morgan fingerprint density at radius 1 is 0.289 bits per heavy atom. The minimum absolute atomic E-state index is 0.171. The average molecular weight is 1140 g/mol. The van der Waals surface area contributed by atoms with Crippen molar-refractivity contribution < 1.29 is 4.42 Å². The summed E-state index contributed by atoms with van der Waals surface area (Å²) in [5, 5.41) is 17.2. The smallest absolute Gasteiger partial charge is 0.252 e. The number of hydrogen-bond acceptors (Lipinski definition) is 4. The van der Waals surface area contributed by atoms with Gasteiger partial charge in [0.15, 0.2) is 0 Å². The second-order valence-corrected chi connectivity index (χ2v) is 24.3. The van der Waals surface area contributed by atoms with E-state index in [1.54, 1.807) is 0 Å². The molecule has 0 N–H and O–H groups in total. The molecule has 2 aliphatic heterocycles. The van der Waals surface area contributed by atoms with E-state index in [0.717, 1.165) is 78.7 Å². The average Bonchev–Trinajstić information content (AvgIpc) is 0.946. The minimum atomic E-state index is -0.171. The van der Waals surface area contributed by atoms with E-state index < -0.39 is 0 Å². The van der Waals surface area contributed by atoms with Gasteiger partial charge < -0.3 is 19.1 Å². The number of rotatable bonds is 8. The maximum Gasteiger partial charge on any atom is 0.252 e. The Hall–Kier alpha value is -11.7. The van der Waals surface area contributed by atoms with Crippen LogP contribution in [0.3, 0.4) is 0 Å². The highest BCUT2D eigenvalue weighted by Gasteiger charge is 2.44. The lowest BCUT2D eigenvalue weighted by molar-refractivity contribution is 0.664. The lowest BCUT2D eigenvalue weighted by Crippen LogP contribution is -2.61. The highest BCUT2D eigenvalue weighted by atomic mass is 16.3. The topological polar surface area (TPSA) is 22.9 Å². The monoisotopic (exact) mass is 1140 g/mol. The van der Waals surface area contributed by atoms with Gasteiger partial charge in [0.1, 0.15) is 11.2 Å². The van der Waals surface area contributed by atoms with Crippen LogP contribution in [-0.2, 0) is 6.42 Å². The molecule has 1 aromatic heterocycles. The van der Waals surface area contributed by atoms with Crippen LogP contribution in [0.2, 0.25) is 0 Å². The zero-order valence-corrected chi connectivity index (χ0v) is 49.1. The quantitative estimate of drug-likeness (QED) is 0.112. The molecule has 418 valence electrons. The van der Waals surface area contributed by atoms with Gasteiger partial charge in [0, 0.05) is 68.4 Å². The van der Waals surface area contributed by atoms with Gasteiger partial charge in [-0.2, -0.15) is 0 Å². The van der Waals surface area contributed by atoms with Crippen molar-refractivity contribution in [1.82, 2.24) is 0 Å². The fraction of sp³-hybridized carbons (Fsp3) is 0.0118. The van der Waals surface area contributed by atoms with Crippen LogP contribution in [0, 0.1) is 0 Å². The van der Waals surface area contributed by atoms with E-state index in [0.29, 0.717) is 6.42 Å². The molecule has 3 heterocycles. The molecule has 4 nitrogen and oxygen atoms in total. The zero-order chi connectivity index (χ0) is 59.0. The number of hydrogen-bond donors (Lipinski definition) is 0. The molecule has 2 aliphatic rings. The second kappa shape index (κ2) is 19.9. The number of nitrogens with zero attached hydrogens (tertiary/aromatic N) is 3. The SMILES string of the molecule is c1ccc(-c2ccc3c(c2)B2c4ccc(N(c5ccccc5)c5ccccc5)cc4N(c4ccc5c6ccccc6c6ccccc6c5c4)c4cc(Cc5cccc6c5oc5ccccc56)cc(c42)N3c2ccc3c4ccccc4c4ccccc4c3c2)cc1. The number of furan rings is 1. The van der Waals surface area contributed by atoms with Crippen molar-refractivity contribution in [3.8, 4) is 11.1 Å². The standard InChI is InChI=1S/C85H54BN3O/c1-4-21-55(22-5-1)56-39-46-79-78(50-56)86-77-45-42-62(87(58-24-6-2-7-25-58)59-26-8-3-9-27-59)53-80(77)89(61-41-44-72-68-33-13-11-29-64(68)66-31-15-17-35-70(66)76(72)52-61)82-49-54(47-57-23-20-37-74-73-36-18-19-38-83(73)90-85(57)74)48-81(84(82)86)88(79)60-40-43-71-67-32-12-10-28-63(67)65-30-14-16-34-69(65)75(71)51-60/h1-46,48-53H,47H2. The van der Waals surface area contributed by atoms with E-state index in [2.05, 4.69) is 330 Å². The summed E-state index contributed by atoms with van der Waals surface area (Å²) >= 11 is 0. The lowest BCUT2D eigenvalue weighted by atomic mass is 9.33. The predicted molar refractivity (Wildman–Crippen MR) is 382 cm³/mol. The van der Waals surface area contributed by atoms with Crippen molar-refractivity contribution in [2.75, 3.05) is 14.7 Å². The molecular weight excluding hydrogens is 1090 g/mol. The first kappa shape index (κ1) is 50.5. The summed E-state index contributed by atoms with van der Waals surface area (Å²) in [6.07, 6.45) is 0.634. The largest absolute Gasteiger partial charge is 0.456 e. The summed E-state index contributed by atoms with van der Waals surface area (Å²) in [5.74, 6) is 0. The van der Waals surface area contributed by atoms with Crippen LogP contribution in [-0.4, -0.2) is 6.71 Å². The van der Waals surface area contributed by atoms with Gasteiger partial charge in [-0.3, -0.25) is 0 Å². The van der Waals surface area contributed by atoms with Crippen LogP contribution in [0.1, 0.15) is 11.1 Å². The molecule has 0 radical (unpaired) electrons. The first-order chi connectivity index (χ1) is 44.6. The van der Waals surface area contributed by atoms with Gasteiger partial charge in [-0.1, -0.05) is 231 Å². The van der Waals surface area contributed by atoms with E-state index >= 15 is 0 Å². The molecule has 5 heteroatoms. The van der Waals surface area contributed by atoms with E-state index in [1.165, 1.54) is 97.7 Å². The van der Waals surface area contributed by atoms with Crippen LogP contribution >= 0.6 is 0 Å². The van der Waals surface area contributed by atoms with Gasteiger partial charge in [0.2, 0.25) is 0 Å². The van der Waals surface area contributed by atoms with Gasteiger partial charge in [-0.25, -0.2) is 0 Å². The number of fused-ring (bicyclic) bond motifs is 19. The fourth-order valence-corrected chi connectivity index (χ4v) is 15.5. The maximum atomic E-state index is 6.87. The summed E-state index contributed by atoms with van der Waals surface area (Å²) in [6, 6.07) is 117. The molecule has 16 aromatic carbocycles. The Kier molecular flexibility index (Phi) is 11.2.